The number of rotatable bonds is 5. The number of carbonyl (C=O) groups is 1. The van der Waals surface area contributed by atoms with Crippen molar-refractivity contribution in [2.75, 3.05) is 39.8 Å². The molecule has 1 aromatic rings. The van der Waals surface area contributed by atoms with E-state index in [1.807, 2.05) is 25.2 Å². The van der Waals surface area contributed by atoms with Crippen molar-refractivity contribution >= 4 is 5.91 Å². The van der Waals surface area contributed by atoms with E-state index in [4.69, 9.17) is 10.5 Å². The molecule has 0 unspecified atom stereocenters. The maximum atomic E-state index is 12.1. The van der Waals surface area contributed by atoms with Gasteiger partial charge in [0, 0.05) is 32.2 Å². The summed E-state index contributed by atoms with van der Waals surface area (Å²) in [6.45, 7) is 3.91. The third-order valence-corrected chi connectivity index (χ3v) is 3.51. The molecule has 1 aliphatic heterocycles. The number of hydrogen-bond donors (Lipinski definition) is 1. The fraction of sp³-hybridized carbons (Fsp3) is 0.533. The van der Waals surface area contributed by atoms with Gasteiger partial charge in [-0.1, -0.05) is 18.2 Å². The molecule has 0 saturated heterocycles. The molecule has 0 radical (unpaired) electrons. The topological polar surface area (TPSA) is 58.8 Å². The predicted molar refractivity (Wildman–Crippen MR) is 78.5 cm³/mol. The second kappa shape index (κ2) is 7.26. The molecule has 0 fully saturated rings. The van der Waals surface area contributed by atoms with Crippen LogP contribution in [0.1, 0.15) is 12.0 Å². The van der Waals surface area contributed by atoms with Crippen LogP contribution in [0.25, 0.3) is 0 Å². The number of benzene rings is 1. The third-order valence-electron chi connectivity index (χ3n) is 3.51. The standard InChI is InChI=1S/C15H23N3O2/c1-17(8-4-7-16)15(19)12-18-9-10-20-14-6-3-2-5-13(14)11-18/h2-3,5-6H,4,7-12,16H2,1H3. The number of nitrogens with two attached hydrogens (primary N) is 1. The first kappa shape index (κ1) is 14.8. The SMILES string of the molecule is CN(CCCN)C(=O)CN1CCOc2ccccc2C1. The van der Waals surface area contributed by atoms with Crippen LogP contribution in [0.15, 0.2) is 24.3 Å². The van der Waals surface area contributed by atoms with Crippen molar-refractivity contribution in [1.82, 2.24) is 9.80 Å². The first-order valence-corrected chi connectivity index (χ1v) is 7.08. The summed E-state index contributed by atoms with van der Waals surface area (Å²) < 4.78 is 5.70. The molecule has 20 heavy (non-hydrogen) atoms. The molecule has 0 bridgehead atoms. The van der Waals surface area contributed by atoms with Crippen molar-refractivity contribution in [3.05, 3.63) is 29.8 Å². The van der Waals surface area contributed by atoms with Gasteiger partial charge in [-0.25, -0.2) is 0 Å². The molecule has 2 rings (SSSR count). The molecule has 1 aliphatic rings. The molecule has 110 valence electrons. The first-order valence-electron chi connectivity index (χ1n) is 7.08. The number of para-hydroxylation sites is 1. The Balaban J connectivity index is 1.92. The highest BCUT2D eigenvalue weighted by Gasteiger charge is 2.18. The van der Waals surface area contributed by atoms with E-state index in [2.05, 4.69) is 11.0 Å². The van der Waals surface area contributed by atoms with Crippen molar-refractivity contribution in [3.63, 3.8) is 0 Å². The summed E-state index contributed by atoms with van der Waals surface area (Å²) in [4.78, 5) is 16.0. The lowest BCUT2D eigenvalue weighted by molar-refractivity contribution is -0.131. The van der Waals surface area contributed by atoms with Gasteiger partial charge in [-0.15, -0.1) is 0 Å². The zero-order chi connectivity index (χ0) is 14.4. The highest BCUT2D eigenvalue weighted by molar-refractivity contribution is 5.78. The van der Waals surface area contributed by atoms with Crippen LogP contribution < -0.4 is 10.5 Å². The Bertz CT molecular complexity index is 450. The first-order chi connectivity index (χ1) is 9.70. The summed E-state index contributed by atoms with van der Waals surface area (Å²) in [6, 6.07) is 8.01. The van der Waals surface area contributed by atoms with Gasteiger partial charge in [-0.2, -0.15) is 0 Å². The molecule has 0 aliphatic carbocycles. The van der Waals surface area contributed by atoms with E-state index < -0.39 is 0 Å². The molecule has 1 amide bonds. The average molecular weight is 277 g/mol. The summed E-state index contributed by atoms with van der Waals surface area (Å²) >= 11 is 0. The molecule has 5 heteroatoms. The number of ether oxygens (including phenoxy) is 1. The zero-order valence-electron chi connectivity index (χ0n) is 12.0. The van der Waals surface area contributed by atoms with Gasteiger partial charge in [0.05, 0.1) is 6.54 Å². The van der Waals surface area contributed by atoms with E-state index >= 15 is 0 Å². The molecular formula is C15H23N3O2. The minimum absolute atomic E-state index is 0.137. The van der Waals surface area contributed by atoms with Crippen LogP contribution in [0.5, 0.6) is 5.75 Å². The van der Waals surface area contributed by atoms with Gasteiger partial charge in [-0.3, -0.25) is 9.69 Å². The van der Waals surface area contributed by atoms with E-state index in [0.29, 0.717) is 19.7 Å². The largest absolute Gasteiger partial charge is 0.492 e. The molecule has 1 heterocycles. The molecule has 2 N–H and O–H groups in total. The Morgan fingerprint density at radius 2 is 2.25 bits per heavy atom. The van der Waals surface area contributed by atoms with Gasteiger partial charge < -0.3 is 15.4 Å². The summed E-state index contributed by atoms with van der Waals surface area (Å²) in [6.07, 6.45) is 0.841. The average Bonchev–Trinajstić information content (AvgIpc) is 2.66. The smallest absolute Gasteiger partial charge is 0.236 e. The van der Waals surface area contributed by atoms with Crippen LogP contribution in [-0.4, -0.2) is 55.5 Å². The van der Waals surface area contributed by atoms with Gasteiger partial charge in [-0.05, 0) is 19.0 Å². The lowest BCUT2D eigenvalue weighted by Crippen LogP contribution is -2.39. The highest BCUT2D eigenvalue weighted by atomic mass is 16.5. The Labute approximate surface area is 120 Å². The molecular weight excluding hydrogens is 254 g/mol. The number of fused-ring (bicyclic) bond motifs is 1. The monoisotopic (exact) mass is 277 g/mol. The molecule has 5 nitrogen and oxygen atoms in total. The van der Waals surface area contributed by atoms with Crippen molar-refractivity contribution in [2.24, 2.45) is 5.73 Å². The van der Waals surface area contributed by atoms with Crippen molar-refractivity contribution < 1.29 is 9.53 Å². The maximum Gasteiger partial charge on any atom is 0.236 e. The normalized spacial score (nSPS) is 15.1. The van der Waals surface area contributed by atoms with Crippen LogP contribution in [0.2, 0.25) is 0 Å². The summed E-state index contributed by atoms with van der Waals surface area (Å²) in [5.41, 5.74) is 6.61. The summed E-state index contributed by atoms with van der Waals surface area (Å²) in [5, 5.41) is 0. The van der Waals surface area contributed by atoms with E-state index in [-0.39, 0.29) is 5.91 Å². The highest BCUT2D eigenvalue weighted by Crippen LogP contribution is 2.22. The quantitative estimate of drug-likeness (QED) is 0.860. The van der Waals surface area contributed by atoms with E-state index in [1.54, 1.807) is 4.90 Å². The number of hydrogen-bond acceptors (Lipinski definition) is 4. The fourth-order valence-electron chi connectivity index (χ4n) is 2.28. The predicted octanol–water partition coefficient (Wildman–Crippen LogP) is 0.688. The van der Waals surface area contributed by atoms with Gasteiger partial charge in [0.25, 0.3) is 0 Å². The van der Waals surface area contributed by atoms with Crippen LogP contribution in [0.3, 0.4) is 0 Å². The summed E-state index contributed by atoms with van der Waals surface area (Å²) in [5.74, 6) is 1.07. The number of nitrogens with zero attached hydrogens (tertiary/aromatic N) is 2. The molecule has 0 spiro atoms. The Kier molecular flexibility index (Phi) is 5.38. The molecule has 0 aromatic heterocycles. The van der Waals surface area contributed by atoms with E-state index in [9.17, 15) is 4.79 Å². The second-order valence-corrected chi connectivity index (χ2v) is 5.12. The van der Waals surface area contributed by atoms with E-state index in [0.717, 1.165) is 37.4 Å². The number of amides is 1. The van der Waals surface area contributed by atoms with Crippen molar-refractivity contribution in [1.29, 1.82) is 0 Å². The van der Waals surface area contributed by atoms with Crippen molar-refractivity contribution in [3.8, 4) is 5.75 Å². The fourth-order valence-corrected chi connectivity index (χ4v) is 2.28. The molecule has 0 atom stereocenters. The van der Waals surface area contributed by atoms with Crippen LogP contribution in [-0.2, 0) is 11.3 Å². The lowest BCUT2D eigenvalue weighted by atomic mass is 10.2. The lowest BCUT2D eigenvalue weighted by Gasteiger charge is -2.23. The van der Waals surface area contributed by atoms with Crippen LogP contribution in [0.4, 0.5) is 0 Å². The maximum absolute atomic E-state index is 12.1. The van der Waals surface area contributed by atoms with Gasteiger partial charge >= 0.3 is 0 Å². The summed E-state index contributed by atoms with van der Waals surface area (Å²) in [7, 11) is 1.83. The Morgan fingerprint density at radius 3 is 3.05 bits per heavy atom. The van der Waals surface area contributed by atoms with Gasteiger partial charge in [0.15, 0.2) is 0 Å². The zero-order valence-corrected chi connectivity index (χ0v) is 12.0. The van der Waals surface area contributed by atoms with Gasteiger partial charge in [0.2, 0.25) is 5.91 Å². The minimum atomic E-state index is 0.137. The van der Waals surface area contributed by atoms with Crippen LogP contribution >= 0.6 is 0 Å². The van der Waals surface area contributed by atoms with Gasteiger partial charge in [0.1, 0.15) is 12.4 Å². The third kappa shape index (κ3) is 3.95. The minimum Gasteiger partial charge on any atom is -0.492 e. The van der Waals surface area contributed by atoms with Crippen molar-refractivity contribution in [2.45, 2.75) is 13.0 Å². The Hall–Kier alpha value is -1.59. The number of likely N-dealkylation sites (N-methyl/N-ethyl adjacent to an activating group) is 1. The molecule has 0 saturated carbocycles. The molecule has 1 aromatic carbocycles. The van der Waals surface area contributed by atoms with Crippen LogP contribution in [0, 0.1) is 0 Å². The second-order valence-electron chi connectivity index (χ2n) is 5.12. The number of carbonyl (C=O) groups excluding carboxylic acids is 1. The Morgan fingerprint density at radius 1 is 1.45 bits per heavy atom. The van der Waals surface area contributed by atoms with E-state index in [1.165, 1.54) is 0 Å².